The lowest BCUT2D eigenvalue weighted by molar-refractivity contribution is -0.133. The zero-order chi connectivity index (χ0) is 21.2. The lowest BCUT2D eigenvalue weighted by Crippen LogP contribution is -2.55. The van der Waals surface area contributed by atoms with E-state index in [1.165, 1.54) is 6.33 Å². The minimum absolute atomic E-state index is 0.126. The molecule has 2 atom stereocenters. The van der Waals surface area contributed by atoms with Gasteiger partial charge in [-0.15, -0.1) is 0 Å². The van der Waals surface area contributed by atoms with Gasteiger partial charge in [0.05, 0.1) is 19.6 Å². The smallest absolute Gasteiger partial charge is 0.225 e. The summed E-state index contributed by atoms with van der Waals surface area (Å²) >= 11 is 0. The van der Waals surface area contributed by atoms with Crippen molar-refractivity contribution in [2.75, 3.05) is 24.6 Å². The van der Waals surface area contributed by atoms with Crippen LogP contribution < -0.4 is 4.90 Å². The average molecular weight is 420 g/mol. The zero-order valence-electron chi connectivity index (χ0n) is 17.1. The molecule has 2 aliphatic heterocycles. The first-order chi connectivity index (χ1) is 15.2. The molecule has 0 aromatic carbocycles. The van der Waals surface area contributed by atoms with Gasteiger partial charge in [0.25, 0.3) is 0 Å². The van der Waals surface area contributed by atoms with Gasteiger partial charge in [-0.2, -0.15) is 5.10 Å². The Balaban J connectivity index is 1.14. The third-order valence-corrected chi connectivity index (χ3v) is 6.11. The molecule has 0 saturated carbocycles. The number of nitrogens with zero attached hydrogens (tertiary/aromatic N) is 6. The van der Waals surface area contributed by atoms with E-state index in [4.69, 9.17) is 4.74 Å². The molecule has 2 aliphatic rings. The van der Waals surface area contributed by atoms with Crippen LogP contribution in [0.2, 0.25) is 0 Å². The number of carbonyl (C=O) groups excluding carboxylic acids is 2. The second-order valence-electron chi connectivity index (χ2n) is 8.02. The number of anilines is 1. The minimum atomic E-state index is 0.126. The fourth-order valence-electron chi connectivity index (χ4n) is 4.62. The molecule has 2 unspecified atom stereocenters. The average Bonchev–Trinajstić information content (AvgIpc) is 3.39. The van der Waals surface area contributed by atoms with Gasteiger partial charge in [0.1, 0.15) is 12.1 Å². The summed E-state index contributed by atoms with van der Waals surface area (Å²) in [5, 5.41) is 4.12. The number of piperazine rings is 1. The van der Waals surface area contributed by atoms with Crippen molar-refractivity contribution in [1.29, 1.82) is 0 Å². The number of fused-ring (bicyclic) bond motifs is 3. The summed E-state index contributed by atoms with van der Waals surface area (Å²) in [7, 11) is 0. The second-order valence-corrected chi connectivity index (χ2v) is 8.02. The van der Waals surface area contributed by atoms with Gasteiger partial charge in [0.15, 0.2) is 11.9 Å². The Kier molecular flexibility index (Phi) is 5.33. The summed E-state index contributed by atoms with van der Waals surface area (Å²) in [6, 6.07) is 8.09. The summed E-state index contributed by atoms with van der Waals surface area (Å²) in [6.07, 6.45) is 8.22. The summed E-state index contributed by atoms with van der Waals surface area (Å²) in [5.74, 6) is 1.01. The molecule has 5 rings (SSSR count). The Bertz CT molecular complexity index is 1070. The molecule has 0 radical (unpaired) electrons. The highest BCUT2D eigenvalue weighted by Crippen LogP contribution is 2.34. The minimum Gasteiger partial charge on any atom is -0.376 e. The Morgan fingerprint density at radius 2 is 2.00 bits per heavy atom. The van der Waals surface area contributed by atoms with Gasteiger partial charge in [0, 0.05) is 48.7 Å². The number of likely N-dealkylation sites (tertiary alicyclic amines) is 1. The molecule has 2 saturated heterocycles. The maximum absolute atomic E-state index is 12.8. The number of amides is 1. The van der Waals surface area contributed by atoms with Crippen molar-refractivity contribution >= 4 is 23.7 Å². The van der Waals surface area contributed by atoms with Gasteiger partial charge in [-0.3, -0.25) is 9.59 Å². The van der Waals surface area contributed by atoms with E-state index in [1.54, 1.807) is 16.8 Å². The number of aromatic nitrogens is 4. The Hall–Kier alpha value is -3.33. The molecule has 3 aromatic heterocycles. The van der Waals surface area contributed by atoms with Crippen LogP contribution in [0.15, 0.2) is 43.0 Å². The van der Waals surface area contributed by atoms with Crippen LogP contribution in [0, 0.1) is 0 Å². The molecule has 160 valence electrons. The predicted molar refractivity (Wildman–Crippen MR) is 113 cm³/mol. The number of ether oxygens (including phenoxy) is 1. The van der Waals surface area contributed by atoms with Crippen molar-refractivity contribution in [3.63, 3.8) is 0 Å². The lowest BCUT2D eigenvalue weighted by Gasteiger charge is -2.41. The normalized spacial score (nSPS) is 20.4. The molecule has 2 fully saturated rings. The molecule has 0 spiro atoms. The predicted octanol–water partition coefficient (Wildman–Crippen LogP) is 1.72. The number of hydrogen-bond acceptors (Lipinski definition) is 7. The first-order valence-corrected chi connectivity index (χ1v) is 10.6. The highest BCUT2D eigenvalue weighted by molar-refractivity contribution is 5.77. The maximum atomic E-state index is 12.8. The number of hydrogen-bond donors (Lipinski definition) is 0. The van der Waals surface area contributed by atoms with Crippen molar-refractivity contribution in [1.82, 2.24) is 24.5 Å². The first-order valence-electron chi connectivity index (χ1n) is 10.6. The van der Waals surface area contributed by atoms with E-state index in [1.807, 2.05) is 29.3 Å². The van der Waals surface area contributed by atoms with Crippen LogP contribution in [0.1, 0.15) is 35.2 Å². The van der Waals surface area contributed by atoms with Gasteiger partial charge in [0.2, 0.25) is 5.91 Å². The number of pyridine rings is 2. The molecular formula is C22H24N6O3. The highest BCUT2D eigenvalue weighted by Gasteiger charge is 2.41. The molecule has 31 heavy (non-hydrogen) atoms. The van der Waals surface area contributed by atoms with E-state index in [0.717, 1.165) is 36.2 Å². The molecule has 1 amide bonds. The van der Waals surface area contributed by atoms with E-state index in [-0.39, 0.29) is 18.0 Å². The molecular weight excluding hydrogens is 396 g/mol. The molecule has 5 heterocycles. The molecule has 0 aliphatic carbocycles. The topological polar surface area (TPSA) is 92.9 Å². The van der Waals surface area contributed by atoms with Crippen LogP contribution >= 0.6 is 0 Å². The van der Waals surface area contributed by atoms with Crippen LogP contribution in [0.25, 0.3) is 5.65 Å². The molecule has 2 bridgehead atoms. The molecule has 3 aromatic rings. The van der Waals surface area contributed by atoms with Crippen molar-refractivity contribution in [2.45, 2.75) is 38.0 Å². The van der Waals surface area contributed by atoms with Crippen LogP contribution in [0.5, 0.6) is 0 Å². The summed E-state index contributed by atoms with van der Waals surface area (Å²) in [5.41, 5.74) is 2.30. The lowest BCUT2D eigenvalue weighted by atomic mass is 10.1. The fraction of sp³-hybridized carbons (Fsp3) is 0.409. The molecule has 9 nitrogen and oxygen atoms in total. The largest absolute Gasteiger partial charge is 0.376 e. The summed E-state index contributed by atoms with van der Waals surface area (Å²) < 4.78 is 7.47. The van der Waals surface area contributed by atoms with E-state index in [2.05, 4.69) is 20.0 Å². The quantitative estimate of drug-likeness (QED) is 0.424. The number of carbonyl (C=O) groups is 2. The van der Waals surface area contributed by atoms with E-state index < -0.39 is 0 Å². The first kappa shape index (κ1) is 19.6. The van der Waals surface area contributed by atoms with E-state index in [9.17, 15) is 9.59 Å². The number of aldehydes is 1. The highest BCUT2D eigenvalue weighted by atomic mass is 16.5. The van der Waals surface area contributed by atoms with E-state index >= 15 is 0 Å². The zero-order valence-corrected chi connectivity index (χ0v) is 17.1. The van der Waals surface area contributed by atoms with Gasteiger partial charge in [-0.05, 0) is 31.0 Å². The molecule has 0 N–H and O–H groups in total. The SMILES string of the molecule is O=Cc1ccc(N2C3CCC2CN(C(=O)CCOCc2cccn4ncnc24)C3)nc1. The second kappa shape index (κ2) is 8.43. The van der Waals surface area contributed by atoms with Crippen molar-refractivity contribution in [3.8, 4) is 0 Å². The Morgan fingerprint density at radius 1 is 1.16 bits per heavy atom. The Morgan fingerprint density at radius 3 is 2.74 bits per heavy atom. The van der Waals surface area contributed by atoms with Gasteiger partial charge in [-0.1, -0.05) is 6.07 Å². The third-order valence-electron chi connectivity index (χ3n) is 6.11. The van der Waals surface area contributed by atoms with Gasteiger partial charge < -0.3 is 14.5 Å². The standard InChI is InChI=1S/C22H24N6O3/c29-13-16-3-6-20(23-10-16)28-18-4-5-19(28)12-26(11-18)21(30)7-9-31-14-17-2-1-8-27-22(17)24-15-25-27/h1-3,6,8,10,13,15,18-19H,4-5,7,9,11-12,14H2. The van der Waals surface area contributed by atoms with E-state index in [0.29, 0.717) is 38.3 Å². The van der Waals surface area contributed by atoms with Crippen molar-refractivity contribution in [3.05, 3.63) is 54.1 Å². The monoisotopic (exact) mass is 420 g/mol. The van der Waals surface area contributed by atoms with Crippen LogP contribution in [-0.4, -0.2) is 68.5 Å². The van der Waals surface area contributed by atoms with Gasteiger partial charge in [-0.25, -0.2) is 14.5 Å². The van der Waals surface area contributed by atoms with Crippen molar-refractivity contribution < 1.29 is 14.3 Å². The number of rotatable bonds is 7. The van der Waals surface area contributed by atoms with Crippen molar-refractivity contribution in [2.24, 2.45) is 0 Å². The van der Waals surface area contributed by atoms with Crippen LogP contribution in [0.3, 0.4) is 0 Å². The Labute approximate surface area is 179 Å². The van der Waals surface area contributed by atoms with Crippen LogP contribution in [-0.2, 0) is 16.1 Å². The van der Waals surface area contributed by atoms with Crippen LogP contribution in [0.4, 0.5) is 5.82 Å². The third kappa shape index (κ3) is 3.88. The molecule has 9 heteroatoms. The maximum Gasteiger partial charge on any atom is 0.225 e. The fourth-order valence-corrected chi connectivity index (χ4v) is 4.62. The summed E-state index contributed by atoms with van der Waals surface area (Å²) in [4.78, 5) is 36.6. The summed E-state index contributed by atoms with van der Waals surface area (Å²) in [6.45, 7) is 2.17. The van der Waals surface area contributed by atoms with Gasteiger partial charge >= 0.3 is 0 Å².